The number of amides is 1. The van der Waals surface area contributed by atoms with Gasteiger partial charge >= 0.3 is 0 Å². The third-order valence-electron chi connectivity index (χ3n) is 4.50. The van der Waals surface area contributed by atoms with Crippen LogP contribution in [0.4, 0.5) is 5.69 Å². The summed E-state index contributed by atoms with van der Waals surface area (Å²) in [5.74, 6) is 0.656. The monoisotopic (exact) mass is 363 g/mol. The van der Waals surface area contributed by atoms with E-state index in [0.29, 0.717) is 0 Å². The Kier molecular flexibility index (Phi) is 4.67. The van der Waals surface area contributed by atoms with E-state index in [1.54, 1.807) is 0 Å². The number of ketones is 1. The van der Waals surface area contributed by atoms with Crippen LogP contribution in [0.15, 0.2) is 18.2 Å². The quantitative estimate of drug-likeness (QED) is 0.582. The van der Waals surface area contributed by atoms with E-state index in [9.17, 15) is 9.59 Å². The van der Waals surface area contributed by atoms with Crippen LogP contribution in [0.1, 0.15) is 54.9 Å². The molecule has 0 bridgehead atoms. The van der Waals surface area contributed by atoms with Crippen LogP contribution in [-0.2, 0) is 11.2 Å². The Balaban J connectivity index is 1.84. The van der Waals surface area contributed by atoms with Crippen molar-refractivity contribution >= 4 is 33.3 Å². The molecule has 3 rings (SSSR count). The Morgan fingerprint density at radius 1 is 1.36 bits per heavy atom. The van der Waals surface area contributed by atoms with Crippen LogP contribution < -0.4 is 4.90 Å². The maximum Gasteiger partial charge on any atom is 0.230 e. The standard InChI is InChI=1S/C18H22BrNO2/c1-2-4-15(19)17(21)14-8-9-16-13(11-14)5-3-10-20(16)18(22)12-6-7-12/h8-9,11-12,15H,2-7,10H2,1H3. The van der Waals surface area contributed by atoms with Crippen molar-refractivity contribution in [1.29, 1.82) is 0 Å². The molecule has 2 aliphatic rings. The maximum absolute atomic E-state index is 12.4. The fourth-order valence-corrected chi connectivity index (χ4v) is 3.82. The lowest BCUT2D eigenvalue weighted by atomic mass is 9.96. The number of carbonyl (C=O) groups excluding carboxylic acids is 2. The summed E-state index contributed by atoms with van der Waals surface area (Å²) < 4.78 is 0. The molecule has 1 aromatic rings. The van der Waals surface area contributed by atoms with E-state index < -0.39 is 0 Å². The third-order valence-corrected chi connectivity index (χ3v) is 5.38. The van der Waals surface area contributed by atoms with Gasteiger partial charge in [-0.2, -0.15) is 0 Å². The average molecular weight is 364 g/mol. The Morgan fingerprint density at radius 3 is 2.82 bits per heavy atom. The molecule has 0 aromatic heterocycles. The molecule has 1 aliphatic carbocycles. The minimum absolute atomic E-state index is 0.108. The largest absolute Gasteiger partial charge is 0.312 e. The van der Waals surface area contributed by atoms with Gasteiger partial charge in [0.2, 0.25) is 5.91 Å². The molecule has 1 saturated carbocycles. The highest BCUT2D eigenvalue weighted by atomic mass is 79.9. The van der Waals surface area contributed by atoms with E-state index in [-0.39, 0.29) is 22.4 Å². The SMILES string of the molecule is CCCC(Br)C(=O)c1ccc2c(c1)CCCN2C(=O)C1CC1. The lowest BCUT2D eigenvalue weighted by Crippen LogP contribution is -2.36. The second-order valence-electron chi connectivity index (χ2n) is 6.33. The summed E-state index contributed by atoms with van der Waals surface area (Å²) in [6.45, 7) is 2.89. The summed E-state index contributed by atoms with van der Waals surface area (Å²) in [6, 6.07) is 5.84. The van der Waals surface area contributed by atoms with E-state index in [4.69, 9.17) is 0 Å². The minimum Gasteiger partial charge on any atom is -0.312 e. The molecule has 1 aromatic carbocycles. The molecule has 3 nitrogen and oxygen atoms in total. The van der Waals surface area contributed by atoms with Gasteiger partial charge in [0.05, 0.1) is 4.83 Å². The fourth-order valence-electron chi connectivity index (χ4n) is 3.10. The van der Waals surface area contributed by atoms with E-state index >= 15 is 0 Å². The van der Waals surface area contributed by atoms with Gasteiger partial charge < -0.3 is 4.90 Å². The summed E-state index contributed by atoms with van der Waals surface area (Å²) >= 11 is 3.48. The van der Waals surface area contributed by atoms with Crippen molar-refractivity contribution in [3.05, 3.63) is 29.3 Å². The molecule has 1 heterocycles. The smallest absolute Gasteiger partial charge is 0.230 e. The van der Waals surface area contributed by atoms with Gasteiger partial charge in [0.1, 0.15) is 0 Å². The van der Waals surface area contributed by atoms with Crippen molar-refractivity contribution < 1.29 is 9.59 Å². The van der Waals surface area contributed by atoms with E-state index in [1.165, 1.54) is 0 Å². The van der Waals surface area contributed by atoms with Gasteiger partial charge in [-0.25, -0.2) is 0 Å². The molecular formula is C18H22BrNO2. The van der Waals surface area contributed by atoms with Gasteiger partial charge in [0, 0.05) is 23.7 Å². The van der Waals surface area contributed by atoms with Crippen molar-refractivity contribution in [3.8, 4) is 0 Å². The third kappa shape index (κ3) is 3.12. The van der Waals surface area contributed by atoms with Gasteiger partial charge in [0.15, 0.2) is 5.78 Å². The molecule has 0 radical (unpaired) electrons. The highest BCUT2D eigenvalue weighted by Gasteiger charge is 2.35. The molecule has 1 atom stereocenters. The van der Waals surface area contributed by atoms with Crippen LogP contribution in [0.5, 0.6) is 0 Å². The average Bonchev–Trinajstić information content (AvgIpc) is 3.37. The molecule has 22 heavy (non-hydrogen) atoms. The van der Waals surface area contributed by atoms with Gasteiger partial charge in [0.25, 0.3) is 0 Å². The first-order chi connectivity index (χ1) is 10.6. The Hall–Kier alpha value is -1.16. The first kappa shape index (κ1) is 15.7. The van der Waals surface area contributed by atoms with Crippen LogP contribution >= 0.6 is 15.9 Å². The predicted molar refractivity (Wildman–Crippen MR) is 91.8 cm³/mol. The van der Waals surface area contributed by atoms with Gasteiger partial charge in [-0.1, -0.05) is 29.3 Å². The summed E-state index contributed by atoms with van der Waals surface area (Å²) in [5.41, 5.74) is 2.92. The normalized spacial score (nSPS) is 18.7. The number of alkyl halides is 1. The fraction of sp³-hybridized carbons (Fsp3) is 0.556. The minimum atomic E-state index is -0.108. The molecule has 1 fully saturated rings. The molecule has 0 N–H and O–H groups in total. The number of aryl methyl sites for hydroxylation is 1. The topological polar surface area (TPSA) is 37.4 Å². The number of Topliss-reactive ketones (excluding diaryl/α,β-unsaturated/α-hetero) is 1. The summed E-state index contributed by atoms with van der Waals surface area (Å²) in [6.07, 6.45) is 5.83. The van der Waals surface area contributed by atoms with Crippen molar-refractivity contribution in [3.63, 3.8) is 0 Å². The van der Waals surface area contributed by atoms with Crippen molar-refractivity contribution in [1.82, 2.24) is 0 Å². The number of hydrogen-bond donors (Lipinski definition) is 0. The molecule has 1 aliphatic heterocycles. The summed E-state index contributed by atoms with van der Waals surface area (Å²) in [7, 11) is 0. The van der Waals surface area contributed by atoms with Crippen LogP contribution in [0.2, 0.25) is 0 Å². The Labute approximate surface area is 140 Å². The number of nitrogens with zero attached hydrogens (tertiary/aromatic N) is 1. The molecule has 4 heteroatoms. The number of anilines is 1. The van der Waals surface area contributed by atoms with Crippen molar-refractivity contribution in [2.75, 3.05) is 11.4 Å². The Morgan fingerprint density at radius 2 is 2.14 bits per heavy atom. The molecule has 1 unspecified atom stereocenters. The molecule has 0 spiro atoms. The lowest BCUT2D eigenvalue weighted by Gasteiger charge is -2.30. The second kappa shape index (κ2) is 6.53. The number of hydrogen-bond acceptors (Lipinski definition) is 2. The maximum atomic E-state index is 12.4. The van der Waals surface area contributed by atoms with Crippen molar-refractivity contribution in [2.45, 2.75) is 50.3 Å². The van der Waals surface area contributed by atoms with Crippen LogP contribution in [0.25, 0.3) is 0 Å². The van der Waals surface area contributed by atoms with Crippen molar-refractivity contribution in [2.24, 2.45) is 5.92 Å². The van der Waals surface area contributed by atoms with E-state index in [1.807, 2.05) is 23.1 Å². The predicted octanol–water partition coefficient (Wildman–Crippen LogP) is 4.12. The number of benzene rings is 1. The van der Waals surface area contributed by atoms with Crippen LogP contribution in [-0.4, -0.2) is 23.1 Å². The van der Waals surface area contributed by atoms with E-state index in [0.717, 1.165) is 61.9 Å². The highest BCUT2D eigenvalue weighted by Crippen LogP contribution is 2.36. The van der Waals surface area contributed by atoms with Crippen LogP contribution in [0, 0.1) is 5.92 Å². The zero-order valence-electron chi connectivity index (χ0n) is 13.0. The van der Waals surface area contributed by atoms with Gasteiger partial charge in [-0.05, 0) is 55.9 Å². The zero-order chi connectivity index (χ0) is 15.7. The Bertz CT molecular complexity index is 595. The first-order valence-electron chi connectivity index (χ1n) is 8.24. The van der Waals surface area contributed by atoms with E-state index in [2.05, 4.69) is 22.9 Å². The highest BCUT2D eigenvalue weighted by molar-refractivity contribution is 9.10. The number of carbonyl (C=O) groups is 2. The zero-order valence-corrected chi connectivity index (χ0v) is 14.6. The van der Waals surface area contributed by atoms with Crippen LogP contribution in [0.3, 0.4) is 0 Å². The lowest BCUT2D eigenvalue weighted by molar-refractivity contribution is -0.119. The molecular weight excluding hydrogens is 342 g/mol. The number of rotatable bonds is 5. The van der Waals surface area contributed by atoms with Gasteiger partial charge in [-0.3, -0.25) is 9.59 Å². The second-order valence-corrected chi connectivity index (χ2v) is 7.44. The number of fused-ring (bicyclic) bond motifs is 1. The molecule has 118 valence electrons. The summed E-state index contributed by atoms with van der Waals surface area (Å²) in [4.78, 5) is 26.6. The number of halogens is 1. The van der Waals surface area contributed by atoms with Gasteiger partial charge in [-0.15, -0.1) is 0 Å². The first-order valence-corrected chi connectivity index (χ1v) is 9.16. The molecule has 0 saturated heterocycles. The summed E-state index contributed by atoms with van der Waals surface area (Å²) in [5, 5.41) is 0. The molecule has 1 amide bonds.